The van der Waals surface area contributed by atoms with Crippen LogP contribution in [0.3, 0.4) is 0 Å². The van der Waals surface area contributed by atoms with Gasteiger partial charge in [-0.25, -0.2) is 0 Å². The third-order valence-electron chi connectivity index (χ3n) is 2.59. The van der Waals surface area contributed by atoms with E-state index in [-0.39, 0.29) is 6.42 Å². The molecule has 0 heterocycles. The van der Waals surface area contributed by atoms with Crippen LogP contribution in [0.15, 0.2) is 18.2 Å². The van der Waals surface area contributed by atoms with Gasteiger partial charge in [-0.15, -0.1) is 0 Å². The minimum atomic E-state index is -1.62. The molecule has 0 saturated carbocycles. The molecule has 3 N–H and O–H groups in total. The van der Waals surface area contributed by atoms with Crippen molar-refractivity contribution in [3.8, 4) is 5.75 Å². The predicted octanol–water partition coefficient (Wildman–Crippen LogP) is 2.29. The van der Waals surface area contributed by atoms with Crippen molar-refractivity contribution in [2.75, 3.05) is 11.9 Å². The maximum atomic E-state index is 11.9. The summed E-state index contributed by atoms with van der Waals surface area (Å²) in [6.45, 7) is 3.52. The zero-order chi connectivity index (χ0) is 16.0. The second-order valence-electron chi connectivity index (χ2n) is 4.87. The molecule has 116 valence electrons. The quantitative estimate of drug-likeness (QED) is 0.717. The molecule has 0 saturated heterocycles. The number of carboxylic acids is 1. The van der Waals surface area contributed by atoms with Gasteiger partial charge in [-0.1, -0.05) is 11.6 Å². The van der Waals surface area contributed by atoms with Gasteiger partial charge in [0.05, 0.1) is 30.7 Å². The van der Waals surface area contributed by atoms with Gasteiger partial charge in [-0.3, -0.25) is 9.59 Å². The highest BCUT2D eigenvalue weighted by Crippen LogP contribution is 2.28. The summed E-state index contributed by atoms with van der Waals surface area (Å²) in [5.74, 6) is -1.25. The first-order valence-corrected chi connectivity index (χ1v) is 6.77. The Hall–Kier alpha value is -1.79. The summed E-state index contributed by atoms with van der Waals surface area (Å²) in [6.07, 6.45) is -0.869. The first-order chi connectivity index (χ1) is 9.73. The van der Waals surface area contributed by atoms with Gasteiger partial charge in [0.1, 0.15) is 5.75 Å². The lowest BCUT2D eigenvalue weighted by atomic mass is 9.98. The molecule has 0 radical (unpaired) electrons. The molecule has 0 aromatic heterocycles. The number of benzene rings is 1. The minimum Gasteiger partial charge on any atom is -0.492 e. The largest absolute Gasteiger partial charge is 0.492 e. The molecule has 0 aliphatic rings. The Kier molecular flexibility index (Phi) is 5.99. The van der Waals surface area contributed by atoms with Crippen LogP contribution in [0, 0.1) is 0 Å². The van der Waals surface area contributed by atoms with Crippen molar-refractivity contribution < 1.29 is 24.5 Å². The number of hydrogen-bond donors (Lipinski definition) is 3. The third-order valence-corrected chi connectivity index (χ3v) is 2.82. The number of aliphatic hydroxyl groups is 1. The highest BCUT2D eigenvalue weighted by atomic mass is 35.5. The number of carbonyl (C=O) groups is 2. The summed E-state index contributed by atoms with van der Waals surface area (Å²) in [5.41, 5.74) is -1.25. The molecule has 0 fully saturated rings. The smallest absolute Gasteiger partial charge is 0.306 e. The number of carboxylic acid groups (broad SMARTS) is 1. The standard InChI is InChI=1S/C14H18ClNO5/c1-3-21-11-5-4-9(15)6-10(11)16-12(17)7-14(2,20)8-13(18)19/h4-6,20H,3,7-8H2,1-2H3,(H,16,17)(H,18,19). The van der Waals surface area contributed by atoms with Crippen LogP contribution in [-0.4, -0.2) is 34.3 Å². The zero-order valence-corrected chi connectivity index (χ0v) is 12.6. The molecule has 0 aliphatic carbocycles. The van der Waals surface area contributed by atoms with Gasteiger partial charge < -0.3 is 20.3 Å². The van der Waals surface area contributed by atoms with Crippen molar-refractivity contribution in [1.82, 2.24) is 0 Å². The van der Waals surface area contributed by atoms with Gasteiger partial charge in [-0.2, -0.15) is 0 Å². The van der Waals surface area contributed by atoms with Gasteiger partial charge in [0.25, 0.3) is 0 Å². The summed E-state index contributed by atoms with van der Waals surface area (Å²) < 4.78 is 5.36. The second kappa shape index (κ2) is 7.28. The number of nitrogens with one attached hydrogen (secondary N) is 1. The first-order valence-electron chi connectivity index (χ1n) is 6.40. The van der Waals surface area contributed by atoms with Crippen LogP contribution in [0.2, 0.25) is 5.02 Å². The Bertz CT molecular complexity index is 530. The van der Waals surface area contributed by atoms with E-state index in [9.17, 15) is 14.7 Å². The van der Waals surface area contributed by atoms with E-state index in [1.54, 1.807) is 19.1 Å². The average molecular weight is 316 g/mol. The summed E-state index contributed by atoms with van der Waals surface area (Å²) >= 11 is 5.87. The zero-order valence-electron chi connectivity index (χ0n) is 11.9. The predicted molar refractivity (Wildman–Crippen MR) is 78.7 cm³/mol. The summed E-state index contributed by atoms with van der Waals surface area (Å²) in [4.78, 5) is 22.5. The second-order valence-corrected chi connectivity index (χ2v) is 5.30. The Labute approximate surface area is 127 Å². The normalized spacial score (nSPS) is 13.3. The lowest BCUT2D eigenvalue weighted by Gasteiger charge is -2.20. The van der Waals surface area contributed by atoms with Crippen LogP contribution >= 0.6 is 11.6 Å². The van der Waals surface area contributed by atoms with Crippen molar-refractivity contribution in [1.29, 1.82) is 0 Å². The number of aliphatic carboxylic acids is 1. The van der Waals surface area contributed by atoms with Crippen LogP contribution in [0.5, 0.6) is 5.75 Å². The third kappa shape index (κ3) is 6.01. The Balaban J connectivity index is 2.78. The SMILES string of the molecule is CCOc1ccc(Cl)cc1NC(=O)CC(C)(O)CC(=O)O. The molecular weight excluding hydrogens is 298 g/mol. The van der Waals surface area contributed by atoms with Crippen molar-refractivity contribution >= 4 is 29.2 Å². The summed E-state index contributed by atoms with van der Waals surface area (Å²) in [6, 6.07) is 4.77. The Morgan fingerprint density at radius 1 is 1.38 bits per heavy atom. The van der Waals surface area contributed by atoms with E-state index in [2.05, 4.69) is 5.32 Å². The lowest BCUT2D eigenvalue weighted by molar-refractivity contribution is -0.142. The van der Waals surface area contributed by atoms with Gasteiger partial charge in [0, 0.05) is 5.02 Å². The molecular formula is C14H18ClNO5. The molecule has 21 heavy (non-hydrogen) atoms. The van der Waals surface area contributed by atoms with Crippen LogP contribution in [0.4, 0.5) is 5.69 Å². The van der Waals surface area contributed by atoms with Crippen LogP contribution in [0.1, 0.15) is 26.7 Å². The van der Waals surface area contributed by atoms with E-state index in [0.29, 0.717) is 23.1 Å². The molecule has 0 bridgehead atoms. The maximum absolute atomic E-state index is 11.9. The monoisotopic (exact) mass is 315 g/mol. The summed E-state index contributed by atoms with van der Waals surface area (Å²) in [7, 11) is 0. The molecule has 0 spiro atoms. The molecule has 1 aromatic carbocycles. The number of halogens is 1. The fourth-order valence-corrected chi connectivity index (χ4v) is 1.98. The topological polar surface area (TPSA) is 95.9 Å². The van der Waals surface area contributed by atoms with E-state index < -0.39 is 23.9 Å². The molecule has 1 aromatic rings. The Morgan fingerprint density at radius 3 is 2.62 bits per heavy atom. The number of rotatable bonds is 7. The number of hydrogen-bond acceptors (Lipinski definition) is 4. The highest BCUT2D eigenvalue weighted by molar-refractivity contribution is 6.31. The first kappa shape index (κ1) is 17.3. The van der Waals surface area contributed by atoms with Crippen LogP contribution < -0.4 is 10.1 Å². The van der Waals surface area contributed by atoms with Gasteiger partial charge in [0.2, 0.25) is 5.91 Å². The maximum Gasteiger partial charge on any atom is 0.306 e. The molecule has 0 aliphatic heterocycles. The molecule has 1 unspecified atom stereocenters. The van der Waals surface area contributed by atoms with Crippen LogP contribution in [-0.2, 0) is 9.59 Å². The van der Waals surface area contributed by atoms with Crippen molar-refractivity contribution in [2.45, 2.75) is 32.3 Å². The number of carbonyl (C=O) groups excluding carboxylic acids is 1. The molecule has 6 nitrogen and oxygen atoms in total. The van der Waals surface area contributed by atoms with Gasteiger partial charge in [0.15, 0.2) is 0 Å². The average Bonchev–Trinajstić information content (AvgIpc) is 2.30. The summed E-state index contributed by atoms with van der Waals surface area (Å²) in [5, 5.41) is 21.5. The fraction of sp³-hybridized carbons (Fsp3) is 0.429. The lowest BCUT2D eigenvalue weighted by Crippen LogP contribution is -2.33. The van der Waals surface area contributed by atoms with E-state index >= 15 is 0 Å². The molecule has 1 rings (SSSR count). The molecule has 1 atom stereocenters. The van der Waals surface area contributed by atoms with Crippen molar-refractivity contribution in [3.05, 3.63) is 23.2 Å². The number of anilines is 1. The number of ether oxygens (including phenoxy) is 1. The molecule has 1 amide bonds. The van der Waals surface area contributed by atoms with Gasteiger partial charge >= 0.3 is 5.97 Å². The van der Waals surface area contributed by atoms with E-state index in [0.717, 1.165) is 0 Å². The minimum absolute atomic E-state index is 0.350. The van der Waals surface area contributed by atoms with E-state index in [1.807, 2.05) is 0 Å². The fourth-order valence-electron chi connectivity index (χ4n) is 1.81. The van der Waals surface area contributed by atoms with Crippen LogP contribution in [0.25, 0.3) is 0 Å². The van der Waals surface area contributed by atoms with Gasteiger partial charge in [-0.05, 0) is 32.0 Å². The van der Waals surface area contributed by atoms with E-state index in [1.165, 1.54) is 13.0 Å². The van der Waals surface area contributed by atoms with Crippen molar-refractivity contribution in [3.63, 3.8) is 0 Å². The van der Waals surface area contributed by atoms with E-state index in [4.69, 9.17) is 21.4 Å². The highest BCUT2D eigenvalue weighted by Gasteiger charge is 2.27. The number of amides is 1. The molecule has 7 heteroatoms. The van der Waals surface area contributed by atoms with Crippen molar-refractivity contribution in [2.24, 2.45) is 0 Å². The Morgan fingerprint density at radius 2 is 2.05 bits per heavy atom.